The van der Waals surface area contributed by atoms with Crippen molar-refractivity contribution in [2.75, 3.05) is 13.2 Å². The molecule has 2 aromatic carbocycles. The van der Waals surface area contributed by atoms with Gasteiger partial charge in [0.05, 0.1) is 15.6 Å². The van der Waals surface area contributed by atoms with E-state index < -0.39 is 34.5 Å². The Kier molecular flexibility index (Phi) is 7.88. The molecule has 0 radical (unpaired) electrons. The number of benzene rings is 2. The molecule has 9 nitrogen and oxygen atoms in total. The summed E-state index contributed by atoms with van der Waals surface area (Å²) in [6.07, 6.45) is 2.32. The molecule has 170 valence electrons. The second kappa shape index (κ2) is 10.4. The smallest absolute Gasteiger partial charge is 0.341 e. The number of aliphatic carboxylic acids is 1. The van der Waals surface area contributed by atoms with E-state index >= 15 is 0 Å². The zero-order chi connectivity index (χ0) is 23.3. The third-order valence-corrected chi connectivity index (χ3v) is 7.42. The van der Waals surface area contributed by atoms with E-state index in [4.69, 9.17) is 21.4 Å². The van der Waals surface area contributed by atoms with Gasteiger partial charge in [-0.05, 0) is 76.8 Å². The first kappa shape index (κ1) is 24.2. The van der Waals surface area contributed by atoms with Crippen LogP contribution >= 0.6 is 27.5 Å². The molecule has 1 aliphatic heterocycles. The lowest BCUT2D eigenvalue weighted by molar-refractivity contribution is -0.139. The van der Waals surface area contributed by atoms with Crippen LogP contribution < -0.4 is 10.2 Å². The fourth-order valence-electron chi connectivity index (χ4n) is 3.13. The first-order valence-electron chi connectivity index (χ1n) is 9.43. The highest BCUT2D eigenvalue weighted by Gasteiger charge is 2.39. The highest BCUT2D eigenvalue weighted by atomic mass is 79.9. The second-order valence-corrected chi connectivity index (χ2v) is 10.0. The number of sulfonamides is 1. The van der Waals surface area contributed by atoms with Crippen LogP contribution in [0.2, 0.25) is 5.02 Å². The largest absolute Gasteiger partial charge is 0.481 e. The number of rotatable bonds is 8. The molecule has 1 saturated heterocycles. The zero-order valence-corrected chi connectivity index (χ0v) is 19.7. The van der Waals surface area contributed by atoms with Gasteiger partial charge in [0, 0.05) is 11.6 Å². The Morgan fingerprint density at radius 1 is 1.28 bits per heavy atom. The number of carbonyl (C=O) groups excluding carboxylic acids is 1. The maximum atomic E-state index is 12.9. The van der Waals surface area contributed by atoms with Crippen molar-refractivity contribution in [2.24, 2.45) is 5.10 Å². The lowest BCUT2D eigenvalue weighted by atomic mass is 10.2. The molecule has 12 heteroatoms. The summed E-state index contributed by atoms with van der Waals surface area (Å²) < 4.78 is 32.7. The number of carboxylic acids is 1. The summed E-state index contributed by atoms with van der Waals surface area (Å²) in [5, 5.41) is 13.0. The molecule has 1 amide bonds. The first-order valence-corrected chi connectivity index (χ1v) is 12.0. The maximum Gasteiger partial charge on any atom is 0.341 e. The minimum atomic E-state index is -3.85. The van der Waals surface area contributed by atoms with Gasteiger partial charge in [-0.25, -0.2) is 18.6 Å². The molecule has 1 atom stereocenters. The number of hydrogen-bond acceptors (Lipinski definition) is 6. The Balaban J connectivity index is 1.65. The maximum absolute atomic E-state index is 12.9. The lowest BCUT2D eigenvalue weighted by Crippen LogP contribution is -2.44. The normalized spacial score (nSPS) is 16.9. The van der Waals surface area contributed by atoms with Gasteiger partial charge in [0.2, 0.25) is 10.0 Å². The number of hydrogen-bond donors (Lipinski definition) is 2. The van der Waals surface area contributed by atoms with Gasteiger partial charge < -0.3 is 9.84 Å². The molecule has 0 aliphatic carbocycles. The molecule has 1 fully saturated rings. The summed E-state index contributed by atoms with van der Waals surface area (Å²) in [5.74, 6) is -1.27. The highest BCUT2D eigenvalue weighted by molar-refractivity contribution is 9.10. The van der Waals surface area contributed by atoms with E-state index in [1.54, 1.807) is 18.2 Å². The summed E-state index contributed by atoms with van der Waals surface area (Å²) in [4.78, 5) is 23.3. The Morgan fingerprint density at radius 3 is 2.66 bits per heavy atom. The van der Waals surface area contributed by atoms with Crippen LogP contribution in [0.15, 0.2) is 56.9 Å². The van der Waals surface area contributed by atoms with E-state index in [9.17, 15) is 18.0 Å². The molecule has 2 N–H and O–H groups in total. The topological polar surface area (TPSA) is 125 Å². The summed E-state index contributed by atoms with van der Waals surface area (Å²) in [6, 6.07) is 9.75. The van der Waals surface area contributed by atoms with Crippen molar-refractivity contribution < 1.29 is 27.9 Å². The van der Waals surface area contributed by atoms with Crippen LogP contribution in [0, 0.1) is 0 Å². The van der Waals surface area contributed by atoms with E-state index in [-0.39, 0.29) is 11.4 Å². The van der Waals surface area contributed by atoms with Gasteiger partial charge in [0.1, 0.15) is 11.8 Å². The Hall–Kier alpha value is -2.47. The van der Waals surface area contributed by atoms with E-state index in [0.717, 1.165) is 0 Å². The van der Waals surface area contributed by atoms with Crippen LogP contribution in [0.4, 0.5) is 0 Å². The number of halogens is 2. The average Bonchev–Trinajstić information content (AvgIpc) is 3.24. The lowest BCUT2D eigenvalue weighted by Gasteiger charge is -2.22. The van der Waals surface area contributed by atoms with Crippen molar-refractivity contribution in [3.8, 4) is 5.75 Å². The van der Waals surface area contributed by atoms with Crippen LogP contribution in [-0.4, -0.2) is 55.1 Å². The molecule has 0 aromatic heterocycles. The molecular formula is C20H19BrClN3O6S. The summed E-state index contributed by atoms with van der Waals surface area (Å²) in [7, 11) is -3.85. The second-order valence-electron chi connectivity index (χ2n) is 6.83. The van der Waals surface area contributed by atoms with Crippen LogP contribution in [0.5, 0.6) is 5.75 Å². The SMILES string of the molecule is O=C(O)COc1ccc(/C=N\NC(=O)[C@@H]2CCCN2S(=O)(=O)c2ccc(Cl)cc2)cc1Br. The van der Waals surface area contributed by atoms with Crippen LogP contribution in [-0.2, 0) is 19.6 Å². The van der Waals surface area contributed by atoms with Crippen LogP contribution in [0.1, 0.15) is 18.4 Å². The van der Waals surface area contributed by atoms with Gasteiger partial charge in [-0.3, -0.25) is 4.79 Å². The highest BCUT2D eigenvalue weighted by Crippen LogP contribution is 2.27. The van der Waals surface area contributed by atoms with Gasteiger partial charge in [0.25, 0.3) is 5.91 Å². The number of carboxylic acid groups (broad SMARTS) is 1. The summed E-state index contributed by atoms with van der Waals surface area (Å²) in [6.45, 7) is -0.240. The van der Waals surface area contributed by atoms with Crippen molar-refractivity contribution in [3.63, 3.8) is 0 Å². The van der Waals surface area contributed by atoms with Gasteiger partial charge in [-0.2, -0.15) is 9.41 Å². The van der Waals surface area contributed by atoms with Gasteiger partial charge in [0.15, 0.2) is 6.61 Å². The van der Waals surface area contributed by atoms with Crippen LogP contribution in [0.3, 0.4) is 0 Å². The first-order chi connectivity index (χ1) is 15.2. The minimum Gasteiger partial charge on any atom is -0.481 e. The van der Waals surface area contributed by atoms with Crippen molar-refractivity contribution in [1.82, 2.24) is 9.73 Å². The van der Waals surface area contributed by atoms with Crippen molar-refractivity contribution in [2.45, 2.75) is 23.8 Å². The molecule has 1 aliphatic rings. The Labute approximate surface area is 198 Å². The molecule has 32 heavy (non-hydrogen) atoms. The third-order valence-electron chi connectivity index (χ3n) is 4.62. The fourth-order valence-corrected chi connectivity index (χ4v) is 5.42. The van der Waals surface area contributed by atoms with Crippen molar-refractivity contribution in [3.05, 3.63) is 57.5 Å². The quantitative estimate of drug-likeness (QED) is 0.389. The van der Waals surface area contributed by atoms with E-state index in [1.165, 1.54) is 34.8 Å². The standard InChI is InChI=1S/C20H19BrClN3O6S/c21-16-10-13(3-8-18(16)31-12-19(26)27)11-23-24-20(28)17-2-1-9-25(17)32(29,30)15-6-4-14(22)5-7-15/h3-8,10-11,17H,1-2,9,12H2,(H,24,28)(H,26,27)/b23-11-/t17-/m0/s1. The molecule has 0 spiro atoms. The van der Waals surface area contributed by atoms with Crippen LogP contribution in [0.25, 0.3) is 0 Å². The summed E-state index contributed by atoms with van der Waals surface area (Å²) >= 11 is 9.11. The van der Waals surface area contributed by atoms with Gasteiger partial charge >= 0.3 is 5.97 Å². The zero-order valence-electron chi connectivity index (χ0n) is 16.6. The molecule has 0 saturated carbocycles. The number of hydrazone groups is 1. The number of ether oxygens (including phenoxy) is 1. The van der Waals surface area contributed by atoms with Crippen molar-refractivity contribution in [1.29, 1.82) is 0 Å². The Bertz CT molecular complexity index is 1140. The number of carbonyl (C=O) groups is 2. The van der Waals surface area contributed by atoms with Gasteiger partial charge in [-0.1, -0.05) is 11.6 Å². The molecule has 2 aromatic rings. The fraction of sp³-hybridized carbons (Fsp3) is 0.250. The third kappa shape index (κ3) is 5.85. The number of amides is 1. The molecule has 1 heterocycles. The minimum absolute atomic E-state index is 0.0696. The molecule has 0 unspecified atom stereocenters. The monoisotopic (exact) mass is 543 g/mol. The van der Waals surface area contributed by atoms with Gasteiger partial charge in [-0.15, -0.1) is 0 Å². The molecule has 3 rings (SSSR count). The van der Waals surface area contributed by atoms with E-state index in [0.29, 0.717) is 33.6 Å². The average molecular weight is 545 g/mol. The Morgan fingerprint density at radius 2 is 2.00 bits per heavy atom. The number of nitrogens with zero attached hydrogens (tertiary/aromatic N) is 2. The van der Waals surface area contributed by atoms with E-state index in [1.807, 2.05) is 0 Å². The molecule has 0 bridgehead atoms. The van der Waals surface area contributed by atoms with Crippen molar-refractivity contribution >= 4 is 55.6 Å². The predicted octanol–water partition coefficient (Wildman–Crippen LogP) is 2.87. The summed E-state index contributed by atoms with van der Waals surface area (Å²) in [5.41, 5.74) is 3.00. The van der Waals surface area contributed by atoms with E-state index in [2.05, 4.69) is 26.5 Å². The number of nitrogens with one attached hydrogen (secondary N) is 1. The molecular weight excluding hydrogens is 526 g/mol. The predicted molar refractivity (Wildman–Crippen MR) is 121 cm³/mol.